The average molecular weight is 255 g/mol. The first-order valence-electron chi connectivity index (χ1n) is 7.12. The lowest BCUT2D eigenvalue weighted by Crippen LogP contribution is -2.28. The molecule has 19 heavy (non-hydrogen) atoms. The molecule has 0 aliphatic carbocycles. The number of rotatable bonds is 3. The van der Waals surface area contributed by atoms with E-state index in [2.05, 4.69) is 47.8 Å². The van der Waals surface area contributed by atoms with Gasteiger partial charge in [-0.2, -0.15) is 5.10 Å². The van der Waals surface area contributed by atoms with Crippen LogP contribution in [0.4, 0.5) is 0 Å². The van der Waals surface area contributed by atoms with E-state index in [1.807, 2.05) is 10.9 Å². The van der Waals surface area contributed by atoms with Crippen LogP contribution in [0.3, 0.4) is 0 Å². The summed E-state index contributed by atoms with van der Waals surface area (Å²) in [5, 5.41) is 7.81. The second-order valence-electron chi connectivity index (χ2n) is 5.53. The van der Waals surface area contributed by atoms with Crippen LogP contribution in [0.5, 0.6) is 0 Å². The van der Waals surface area contributed by atoms with Crippen molar-refractivity contribution in [3.8, 4) is 5.69 Å². The molecule has 1 fully saturated rings. The monoisotopic (exact) mass is 255 g/mol. The van der Waals surface area contributed by atoms with Gasteiger partial charge in [-0.05, 0) is 68.5 Å². The van der Waals surface area contributed by atoms with Gasteiger partial charge in [-0.25, -0.2) is 4.68 Å². The van der Waals surface area contributed by atoms with Gasteiger partial charge in [0.2, 0.25) is 0 Å². The molecule has 1 aliphatic heterocycles. The summed E-state index contributed by atoms with van der Waals surface area (Å²) in [4.78, 5) is 0. The Balaban J connectivity index is 1.75. The van der Waals surface area contributed by atoms with Crippen LogP contribution in [0.15, 0.2) is 36.7 Å². The summed E-state index contributed by atoms with van der Waals surface area (Å²) in [5.41, 5.74) is 3.79. The highest BCUT2D eigenvalue weighted by molar-refractivity contribution is 5.35. The van der Waals surface area contributed by atoms with Crippen LogP contribution in [0, 0.1) is 12.8 Å². The van der Waals surface area contributed by atoms with Crippen LogP contribution >= 0.6 is 0 Å². The Morgan fingerprint density at radius 1 is 1.32 bits per heavy atom. The van der Waals surface area contributed by atoms with Crippen molar-refractivity contribution < 1.29 is 0 Å². The van der Waals surface area contributed by atoms with E-state index in [0.29, 0.717) is 0 Å². The summed E-state index contributed by atoms with van der Waals surface area (Å²) in [6.45, 7) is 4.41. The Kier molecular flexibility index (Phi) is 3.65. The first kappa shape index (κ1) is 12.4. The minimum absolute atomic E-state index is 0.829. The van der Waals surface area contributed by atoms with E-state index in [9.17, 15) is 0 Å². The molecule has 3 nitrogen and oxygen atoms in total. The molecular weight excluding hydrogens is 234 g/mol. The lowest BCUT2D eigenvalue weighted by molar-refractivity contribution is 0.372. The number of aryl methyl sites for hydroxylation is 1. The number of hydrogen-bond donors (Lipinski definition) is 1. The van der Waals surface area contributed by atoms with Gasteiger partial charge >= 0.3 is 0 Å². The predicted octanol–water partition coefficient (Wildman–Crippen LogP) is 2.72. The minimum Gasteiger partial charge on any atom is -0.317 e. The number of benzene rings is 1. The van der Waals surface area contributed by atoms with Crippen LogP contribution in [-0.2, 0) is 6.42 Å². The standard InChI is InChI=1S/C16H21N3/c1-13-11-18-19(12-13)16-4-2-3-15(10-16)9-14-5-7-17-8-6-14/h2-4,10-12,14,17H,5-9H2,1H3. The van der Waals surface area contributed by atoms with E-state index in [1.165, 1.54) is 49.2 Å². The number of nitrogens with zero attached hydrogens (tertiary/aromatic N) is 2. The van der Waals surface area contributed by atoms with Crippen LogP contribution in [0.2, 0.25) is 0 Å². The normalized spacial score (nSPS) is 16.7. The molecule has 3 heteroatoms. The molecular formula is C16H21N3. The molecule has 3 rings (SSSR count). The van der Waals surface area contributed by atoms with Gasteiger partial charge in [0.15, 0.2) is 0 Å². The van der Waals surface area contributed by atoms with Crippen LogP contribution in [-0.4, -0.2) is 22.9 Å². The maximum Gasteiger partial charge on any atom is 0.0648 e. The van der Waals surface area contributed by atoms with Gasteiger partial charge in [0.05, 0.1) is 11.9 Å². The molecule has 1 aromatic heterocycles. The molecule has 0 saturated carbocycles. The fourth-order valence-electron chi connectivity index (χ4n) is 2.80. The van der Waals surface area contributed by atoms with E-state index in [-0.39, 0.29) is 0 Å². The summed E-state index contributed by atoms with van der Waals surface area (Å²) in [6.07, 6.45) is 7.76. The van der Waals surface area contributed by atoms with Crippen LogP contribution < -0.4 is 5.32 Å². The predicted molar refractivity (Wildman–Crippen MR) is 77.6 cm³/mol. The number of hydrogen-bond acceptors (Lipinski definition) is 2. The zero-order valence-electron chi connectivity index (χ0n) is 11.5. The maximum atomic E-state index is 4.38. The topological polar surface area (TPSA) is 29.9 Å². The Morgan fingerprint density at radius 2 is 2.16 bits per heavy atom. The Labute approximate surface area is 114 Å². The maximum absolute atomic E-state index is 4.38. The molecule has 0 unspecified atom stereocenters. The molecule has 1 aromatic carbocycles. The van der Waals surface area contributed by atoms with E-state index in [4.69, 9.17) is 0 Å². The summed E-state index contributed by atoms with van der Waals surface area (Å²) < 4.78 is 1.96. The van der Waals surface area contributed by atoms with Gasteiger partial charge in [-0.1, -0.05) is 12.1 Å². The third-order valence-corrected chi connectivity index (χ3v) is 3.87. The van der Waals surface area contributed by atoms with Crippen molar-refractivity contribution in [3.05, 3.63) is 47.8 Å². The second kappa shape index (κ2) is 5.57. The largest absolute Gasteiger partial charge is 0.317 e. The molecule has 0 radical (unpaired) electrons. The fourth-order valence-corrected chi connectivity index (χ4v) is 2.80. The first-order valence-corrected chi connectivity index (χ1v) is 7.12. The van der Waals surface area contributed by atoms with E-state index in [1.54, 1.807) is 0 Å². The molecule has 0 bridgehead atoms. The Morgan fingerprint density at radius 3 is 2.89 bits per heavy atom. The lowest BCUT2D eigenvalue weighted by atomic mass is 9.91. The third kappa shape index (κ3) is 3.04. The van der Waals surface area contributed by atoms with Crippen molar-refractivity contribution in [2.75, 3.05) is 13.1 Å². The summed E-state index contributed by atoms with van der Waals surface area (Å²) >= 11 is 0. The fraction of sp³-hybridized carbons (Fsp3) is 0.438. The van der Waals surface area contributed by atoms with Crippen molar-refractivity contribution in [3.63, 3.8) is 0 Å². The first-order chi connectivity index (χ1) is 9.31. The zero-order valence-corrected chi connectivity index (χ0v) is 11.5. The average Bonchev–Trinajstić information content (AvgIpc) is 2.87. The molecule has 1 aliphatic rings. The van der Waals surface area contributed by atoms with Crippen molar-refractivity contribution in [2.45, 2.75) is 26.2 Å². The molecule has 2 aromatic rings. The van der Waals surface area contributed by atoms with Crippen LogP contribution in [0.1, 0.15) is 24.0 Å². The number of nitrogens with one attached hydrogen (secondary N) is 1. The van der Waals surface area contributed by atoms with Crippen molar-refractivity contribution in [1.82, 2.24) is 15.1 Å². The van der Waals surface area contributed by atoms with Crippen molar-refractivity contribution in [2.24, 2.45) is 5.92 Å². The highest BCUT2D eigenvalue weighted by atomic mass is 15.3. The van der Waals surface area contributed by atoms with Crippen LogP contribution in [0.25, 0.3) is 5.69 Å². The molecule has 100 valence electrons. The zero-order chi connectivity index (χ0) is 13.1. The SMILES string of the molecule is Cc1cnn(-c2cccc(CC3CCNCC3)c2)c1. The van der Waals surface area contributed by atoms with E-state index < -0.39 is 0 Å². The van der Waals surface area contributed by atoms with Gasteiger partial charge in [0, 0.05) is 6.20 Å². The van der Waals surface area contributed by atoms with Gasteiger partial charge in [0.1, 0.15) is 0 Å². The third-order valence-electron chi connectivity index (χ3n) is 3.87. The summed E-state index contributed by atoms with van der Waals surface area (Å²) in [7, 11) is 0. The van der Waals surface area contributed by atoms with E-state index >= 15 is 0 Å². The molecule has 1 N–H and O–H groups in total. The summed E-state index contributed by atoms with van der Waals surface area (Å²) in [6, 6.07) is 8.78. The van der Waals surface area contributed by atoms with Gasteiger partial charge in [-0.3, -0.25) is 0 Å². The molecule has 0 amide bonds. The summed E-state index contributed by atoms with van der Waals surface area (Å²) in [5.74, 6) is 0.829. The minimum atomic E-state index is 0.829. The lowest BCUT2D eigenvalue weighted by Gasteiger charge is -2.22. The highest BCUT2D eigenvalue weighted by Gasteiger charge is 2.13. The molecule has 0 atom stereocenters. The van der Waals surface area contributed by atoms with Gasteiger partial charge < -0.3 is 5.32 Å². The number of piperidine rings is 1. The Hall–Kier alpha value is -1.61. The van der Waals surface area contributed by atoms with Gasteiger partial charge in [-0.15, -0.1) is 0 Å². The molecule has 2 heterocycles. The smallest absolute Gasteiger partial charge is 0.0648 e. The Bertz CT molecular complexity index is 538. The van der Waals surface area contributed by atoms with Crippen molar-refractivity contribution >= 4 is 0 Å². The second-order valence-corrected chi connectivity index (χ2v) is 5.53. The van der Waals surface area contributed by atoms with E-state index in [0.717, 1.165) is 5.92 Å². The number of aromatic nitrogens is 2. The van der Waals surface area contributed by atoms with Gasteiger partial charge in [0.25, 0.3) is 0 Å². The quantitative estimate of drug-likeness (QED) is 0.914. The molecule has 0 spiro atoms. The highest BCUT2D eigenvalue weighted by Crippen LogP contribution is 2.19. The molecule has 1 saturated heterocycles. The van der Waals surface area contributed by atoms with Crippen molar-refractivity contribution in [1.29, 1.82) is 0 Å².